The van der Waals surface area contributed by atoms with Gasteiger partial charge in [-0.1, -0.05) is 39.7 Å². The minimum atomic E-state index is -1.08. The van der Waals surface area contributed by atoms with Crippen molar-refractivity contribution in [1.82, 2.24) is 0 Å². The molecule has 3 nitrogen and oxygen atoms in total. The van der Waals surface area contributed by atoms with Gasteiger partial charge in [-0.3, -0.25) is 0 Å². The van der Waals surface area contributed by atoms with Crippen molar-refractivity contribution in [3.05, 3.63) is 57.0 Å². The second kappa shape index (κ2) is 5.63. The summed E-state index contributed by atoms with van der Waals surface area (Å²) in [5.74, 6) is -0.368. The Labute approximate surface area is 123 Å². The molecule has 0 aliphatic heterocycles. The van der Waals surface area contributed by atoms with Crippen LogP contribution in [0.1, 0.15) is 15.9 Å². The Kier molecular flexibility index (Phi) is 4.12. The van der Waals surface area contributed by atoms with Crippen LogP contribution < -0.4 is 4.74 Å². The molecule has 19 heavy (non-hydrogen) atoms. The van der Waals surface area contributed by atoms with Crippen LogP contribution in [-0.4, -0.2) is 11.1 Å². The summed E-state index contributed by atoms with van der Waals surface area (Å²) in [5.41, 5.74) is 0.923. The summed E-state index contributed by atoms with van der Waals surface area (Å²) >= 11 is 9.36. The normalized spacial score (nSPS) is 10.3. The zero-order valence-corrected chi connectivity index (χ0v) is 12.3. The van der Waals surface area contributed by atoms with Crippen molar-refractivity contribution in [1.29, 1.82) is 0 Å². The van der Waals surface area contributed by atoms with Crippen LogP contribution in [0, 0.1) is 6.92 Å². The minimum Gasteiger partial charge on any atom is -0.478 e. The zero-order chi connectivity index (χ0) is 14.0. The van der Waals surface area contributed by atoms with Crippen molar-refractivity contribution in [2.45, 2.75) is 6.92 Å². The van der Waals surface area contributed by atoms with E-state index in [1.165, 1.54) is 6.07 Å². The Morgan fingerprint density at radius 1 is 1.32 bits per heavy atom. The molecule has 0 unspecified atom stereocenters. The summed E-state index contributed by atoms with van der Waals surface area (Å²) < 4.78 is 6.51. The van der Waals surface area contributed by atoms with E-state index in [0.29, 0.717) is 5.75 Å². The van der Waals surface area contributed by atoms with E-state index in [9.17, 15) is 4.79 Å². The molecule has 2 rings (SSSR count). The third kappa shape index (κ3) is 3.08. The van der Waals surface area contributed by atoms with E-state index >= 15 is 0 Å². The number of aryl methyl sites for hydroxylation is 1. The average molecular weight is 342 g/mol. The maximum Gasteiger partial charge on any atom is 0.339 e. The molecule has 0 aliphatic carbocycles. The number of hydrogen-bond donors (Lipinski definition) is 1. The Hall–Kier alpha value is -1.52. The number of rotatable bonds is 3. The van der Waals surface area contributed by atoms with Gasteiger partial charge in [-0.15, -0.1) is 0 Å². The summed E-state index contributed by atoms with van der Waals surface area (Å²) in [5, 5.41) is 9.41. The highest BCUT2D eigenvalue weighted by Crippen LogP contribution is 2.35. The maximum atomic E-state index is 11.2. The highest BCUT2D eigenvalue weighted by molar-refractivity contribution is 9.10. The Balaban J connectivity index is 2.49. The van der Waals surface area contributed by atoms with E-state index in [0.717, 1.165) is 10.0 Å². The fraction of sp³-hybridized carbons (Fsp3) is 0.0714. The van der Waals surface area contributed by atoms with Gasteiger partial charge in [0.25, 0.3) is 0 Å². The number of carbonyl (C=O) groups is 1. The highest BCUT2D eigenvalue weighted by Gasteiger charge is 2.16. The van der Waals surface area contributed by atoms with Crippen molar-refractivity contribution in [2.75, 3.05) is 0 Å². The fourth-order valence-electron chi connectivity index (χ4n) is 1.57. The number of hydrogen-bond acceptors (Lipinski definition) is 2. The Morgan fingerprint density at radius 2 is 2.05 bits per heavy atom. The molecule has 1 N–H and O–H groups in total. The van der Waals surface area contributed by atoms with Crippen molar-refractivity contribution < 1.29 is 14.6 Å². The van der Waals surface area contributed by atoms with Gasteiger partial charge in [0.1, 0.15) is 11.3 Å². The van der Waals surface area contributed by atoms with Gasteiger partial charge in [0.05, 0.1) is 5.02 Å². The molecule has 0 amide bonds. The molecule has 0 fully saturated rings. The molecular formula is C14H10BrClO3. The van der Waals surface area contributed by atoms with Crippen LogP contribution in [-0.2, 0) is 0 Å². The zero-order valence-electron chi connectivity index (χ0n) is 9.98. The van der Waals surface area contributed by atoms with E-state index in [-0.39, 0.29) is 16.3 Å². The van der Waals surface area contributed by atoms with Gasteiger partial charge in [0, 0.05) is 4.47 Å². The molecule has 0 atom stereocenters. The summed E-state index contributed by atoms with van der Waals surface area (Å²) in [6.45, 7) is 1.87. The maximum absolute atomic E-state index is 11.2. The Morgan fingerprint density at radius 3 is 2.74 bits per heavy atom. The van der Waals surface area contributed by atoms with Gasteiger partial charge in [0.2, 0.25) is 0 Å². The number of halogens is 2. The molecule has 0 saturated carbocycles. The van der Waals surface area contributed by atoms with E-state index in [1.807, 2.05) is 19.1 Å². The molecule has 2 aromatic carbocycles. The highest BCUT2D eigenvalue weighted by atomic mass is 79.9. The van der Waals surface area contributed by atoms with E-state index in [2.05, 4.69) is 15.9 Å². The standard InChI is InChI=1S/C14H10BrClO3/c1-8-5-6-9(15)7-12(8)19-13-10(14(17)18)3-2-4-11(13)16/h2-7H,1H3,(H,17,18). The number of ether oxygens (including phenoxy) is 1. The molecule has 0 radical (unpaired) electrons. The third-order valence-corrected chi connectivity index (χ3v) is 3.35. The first-order chi connectivity index (χ1) is 8.99. The first-order valence-corrected chi connectivity index (χ1v) is 6.62. The van der Waals surface area contributed by atoms with Crippen LogP contribution >= 0.6 is 27.5 Å². The smallest absolute Gasteiger partial charge is 0.339 e. The van der Waals surface area contributed by atoms with Crippen LogP contribution in [0.3, 0.4) is 0 Å². The third-order valence-electron chi connectivity index (χ3n) is 2.56. The summed E-state index contributed by atoms with van der Waals surface area (Å²) in [6, 6.07) is 10.1. The predicted molar refractivity (Wildman–Crippen MR) is 77.4 cm³/mol. The average Bonchev–Trinajstić information content (AvgIpc) is 2.35. The van der Waals surface area contributed by atoms with E-state index in [1.54, 1.807) is 18.2 Å². The topological polar surface area (TPSA) is 46.5 Å². The van der Waals surface area contributed by atoms with Gasteiger partial charge in [-0.05, 0) is 36.8 Å². The molecule has 0 aliphatic rings. The Bertz CT molecular complexity index is 641. The number of carboxylic acid groups (broad SMARTS) is 1. The number of benzene rings is 2. The largest absolute Gasteiger partial charge is 0.478 e. The lowest BCUT2D eigenvalue weighted by atomic mass is 10.2. The van der Waals surface area contributed by atoms with E-state index < -0.39 is 5.97 Å². The van der Waals surface area contributed by atoms with Crippen LogP contribution in [0.4, 0.5) is 0 Å². The molecular weight excluding hydrogens is 332 g/mol. The fourth-order valence-corrected chi connectivity index (χ4v) is 2.13. The molecule has 0 heterocycles. The lowest BCUT2D eigenvalue weighted by Gasteiger charge is -2.12. The van der Waals surface area contributed by atoms with Crippen LogP contribution in [0.15, 0.2) is 40.9 Å². The molecule has 0 saturated heterocycles. The second-order valence-electron chi connectivity index (χ2n) is 3.93. The van der Waals surface area contributed by atoms with E-state index in [4.69, 9.17) is 21.4 Å². The number of carboxylic acids is 1. The molecule has 0 aromatic heterocycles. The lowest BCUT2D eigenvalue weighted by Crippen LogP contribution is -2.01. The van der Waals surface area contributed by atoms with Crippen molar-refractivity contribution in [2.24, 2.45) is 0 Å². The summed E-state index contributed by atoms with van der Waals surface area (Å²) in [7, 11) is 0. The molecule has 98 valence electrons. The number of aromatic carboxylic acids is 1. The van der Waals surface area contributed by atoms with Crippen molar-refractivity contribution >= 4 is 33.5 Å². The van der Waals surface area contributed by atoms with Crippen LogP contribution in [0.2, 0.25) is 5.02 Å². The van der Waals surface area contributed by atoms with Crippen LogP contribution in [0.5, 0.6) is 11.5 Å². The number of para-hydroxylation sites is 1. The first-order valence-electron chi connectivity index (χ1n) is 5.45. The molecule has 2 aromatic rings. The minimum absolute atomic E-state index is 0.0341. The quantitative estimate of drug-likeness (QED) is 0.863. The second-order valence-corrected chi connectivity index (χ2v) is 5.26. The first kappa shape index (κ1) is 13.9. The summed E-state index contributed by atoms with van der Waals surface area (Å²) in [6.07, 6.45) is 0. The molecule has 0 bridgehead atoms. The van der Waals surface area contributed by atoms with Crippen molar-refractivity contribution in [3.63, 3.8) is 0 Å². The lowest BCUT2D eigenvalue weighted by molar-refractivity contribution is 0.0694. The van der Waals surface area contributed by atoms with Crippen LogP contribution in [0.25, 0.3) is 0 Å². The van der Waals surface area contributed by atoms with Gasteiger partial charge in [-0.2, -0.15) is 0 Å². The summed E-state index contributed by atoms with van der Waals surface area (Å²) in [4.78, 5) is 11.2. The van der Waals surface area contributed by atoms with Crippen molar-refractivity contribution in [3.8, 4) is 11.5 Å². The van der Waals surface area contributed by atoms with Gasteiger partial charge in [0.15, 0.2) is 5.75 Å². The molecule has 0 spiro atoms. The monoisotopic (exact) mass is 340 g/mol. The SMILES string of the molecule is Cc1ccc(Br)cc1Oc1c(Cl)cccc1C(=O)O. The van der Waals surface area contributed by atoms with Gasteiger partial charge >= 0.3 is 5.97 Å². The molecule has 5 heteroatoms. The van der Waals surface area contributed by atoms with Gasteiger partial charge < -0.3 is 9.84 Å². The van der Waals surface area contributed by atoms with Gasteiger partial charge in [-0.25, -0.2) is 4.79 Å². The predicted octanol–water partition coefficient (Wildman–Crippen LogP) is 4.90.